The van der Waals surface area contributed by atoms with Gasteiger partial charge in [-0.2, -0.15) is 0 Å². The molecular formula is C16H21NO6. The predicted molar refractivity (Wildman–Crippen MR) is 79.8 cm³/mol. The van der Waals surface area contributed by atoms with E-state index in [2.05, 4.69) is 0 Å². The number of hydrogen-bond donors (Lipinski definition) is 1. The highest BCUT2D eigenvalue weighted by molar-refractivity contribution is 6.02. The van der Waals surface area contributed by atoms with Gasteiger partial charge in [0, 0.05) is 12.4 Å². The van der Waals surface area contributed by atoms with E-state index >= 15 is 0 Å². The predicted octanol–water partition coefficient (Wildman–Crippen LogP) is -0.0336. The molecule has 0 aromatic heterocycles. The number of likely N-dealkylation sites (N-methyl/N-ethyl adjacent to an activating group) is 1. The first-order valence-electron chi connectivity index (χ1n) is 7.05. The van der Waals surface area contributed by atoms with E-state index in [-0.39, 0.29) is 17.7 Å². The number of quaternary nitrogens is 1. The van der Waals surface area contributed by atoms with E-state index in [1.165, 1.54) is 25.1 Å². The first-order chi connectivity index (χ1) is 10.5. The molecule has 0 fully saturated rings. The van der Waals surface area contributed by atoms with Crippen molar-refractivity contribution in [3.8, 4) is 5.75 Å². The molecule has 0 aliphatic heterocycles. The largest absolute Gasteiger partial charge is 0.550 e. The summed E-state index contributed by atoms with van der Waals surface area (Å²) < 4.78 is 5.57. The lowest BCUT2D eigenvalue weighted by molar-refractivity contribution is -0.873. The van der Waals surface area contributed by atoms with Gasteiger partial charge in [0.25, 0.3) is 0 Å². The Kier molecular flexibility index (Phi) is 5.86. The Balaban J connectivity index is 3.01. The molecule has 0 unspecified atom stereocenters. The summed E-state index contributed by atoms with van der Waals surface area (Å²) in [6, 6.07) is 4.14. The van der Waals surface area contributed by atoms with Crippen LogP contribution in [-0.2, 0) is 9.53 Å². The topological polar surface area (TPSA) is 104 Å². The van der Waals surface area contributed by atoms with Crippen molar-refractivity contribution in [1.29, 1.82) is 0 Å². The smallest absolute Gasteiger partial charge is 0.342 e. The lowest BCUT2D eigenvalue weighted by Gasteiger charge is -2.29. The van der Waals surface area contributed by atoms with Crippen molar-refractivity contribution in [2.24, 2.45) is 0 Å². The number of hydrogen-bond acceptors (Lipinski definition) is 6. The van der Waals surface area contributed by atoms with Crippen LogP contribution in [0, 0.1) is 0 Å². The van der Waals surface area contributed by atoms with E-state index < -0.39 is 36.0 Å². The van der Waals surface area contributed by atoms with Crippen LogP contribution in [0.25, 0.3) is 0 Å². The summed E-state index contributed by atoms with van der Waals surface area (Å²) in [6.45, 7) is 1.52. The molecule has 0 spiro atoms. The van der Waals surface area contributed by atoms with Gasteiger partial charge in [-0.05, 0) is 19.1 Å². The Morgan fingerprint density at radius 2 is 1.78 bits per heavy atom. The summed E-state index contributed by atoms with van der Waals surface area (Å²) in [7, 11) is 5.47. The molecule has 0 bridgehead atoms. The van der Waals surface area contributed by atoms with E-state index in [1.807, 2.05) is 21.1 Å². The molecule has 1 aromatic rings. The van der Waals surface area contributed by atoms with Gasteiger partial charge in [-0.1, -0.05) is 6.07 Å². The fraction of sp³-hybridized carbons (Fsp3) is 0.438. The molecule has 0 radical (unpaired) electrons. The van der Waals surface area contributed by atoms with Crippen molar-refractivity contribution in [1.82, 2.24) is 0 Å². The number of esters is 1. The Morgan fingerprint density at radius 3 is 2.26 bits per heavy atom. The van der Waals surface area contributed by atoms with Gasteiger partial charge in [0.2, 0.25) is 0 Å². The van der Waals surface area contributed by atoms with Crippen molar-refractivity contribution in [3.05, 3.63) is 29.3 Å². The van der Waals surface area contributed by atoms with Gasteiger partial charge in [-0.15, -0.1) is 0 Å². The molecule has 7 heteroatoms. The summed E-state index contributed by atoms with van der Waals surface area (Å²) in [5.41, 5.74) is -0.176. The lowest BCUT2D eigenvalue weighted by Crippen LogP contribution is -2.45. The number of rotatable bonds is 7. The summed E-state index contributed by atoms with van der Waals surface area (Å²) in [5, 5.41) is 20.8. The summed E-state index contributed by atoms with van der Waals surface area (Å²) in [6.07, 6.45) is -1.36. The van der Waals surface area contributed by atoms with Crippen molar-refractivity contribution in [3.63, 3.8) is 0 Å². The Morgan fingerprint density at radius 1 is 1.22 bits per heavy atom. The summed E-state index contributed by atoms with van der Waals surface area (Å²) in [5.74, 6) is -3.08. The van der Waals surface area contributed by atoms with Crippen LogP contribution in [-0.4, -0.2) is 61.1 Å². The van der Waals surface area contributed by atoms with Crippen LogP contribution in [0.5, 0.6) is 5.75 Å². The lowest BCUT2D eigenvalue weighted by atomic mass is 10.1. The number of carboxylic acids is 1. The number of carbonyl (C=O) groups is 3. The second kappa shape index (κ2) is 7.23. The van der Waals surface area contributed by atoms with Gasteiger partial charge >= 0.3 is 5.97 Å². The van der Waals surface area contributed by atoms with E-state index in [0.717, 1.165) is 0 Å². The highest BCUT2D eigenvalue weighted by atomic mass is 16.5. The SMILES string of the molecule is CC(=O)c1cccc(C(=O)O[C@H](CC(=O)[O-])C[N+](C)(C)C)c1O. The zero-order valence-corrected chi connectivity index (χ0v) is 13.7. The van der Waals surface area contributed by atoms with Crippen LogP contribution in [0.15, 0.2) is 18.2 Å². The maximum absolute atomic E-state index is 12.2. The number of carboxylic acid groups (broad SMARTS) is 1. The quantitative estimate of drug-likeness (QED) is 0.429. The Bertz CT molecular complexity index is 617. The van der Waals surface area contributed by atoms with E-state index in [0.29, 0.717) is 4.48 Å². The molecule has 126 valence electrons. The van der Waals surface area contributed by atoms with Gasteiger partial charge in [0.05, 0.1) is 26.7 Å². The normalized spacial score (nSPS) is 12.5. The van der Waals surface area contributed by atoms with Crippen LogP contribution in [0.4, 0.5) is 0 Å². The van der Waals surface area contributed by atoms with Gasteiger partial charge in [0.1, 0.15) is 17.9 Å². The summed E-state index contributed by atoms with van der Waals surface area (Å²) in [4.78, 5) is 34.4. The van der Waals surface area contributed by atoms with Gasteiger partial charge in [0.15, 0.2) is 11.9 Å². The van der Waals surface area contributed by atoms with E-state index in [1.54, 1.807) is 0 Å². The van der Waals surface area contributed by atoms with Gasteiger partial charge in [-0.25, -0.2) is 4.79 Å². The van der Waals surface area contributed by atoms with Gasteiger partial charge in [-0.3, -0.25) is 4.79 Å². The summed E-state index contributed by atoms with van der Waals surface area (Å²) >= 11 is 0. The molecule has 1 atom stereocenters. The van der Waals surface area contributed by atoms with Crippen molar-refractivity contribution in [2.75, 3.05) is 27.7 Å². The first-order valence-corrected chi connectivity index (χ1v) is 7.05. The number of para-hydroxylation sites is 1. The number of ketones is 1. The van der Waals surface area contributed by atoms with Crippen molar-refractivity contribution in [2.45, 2.75) is 19.4 Å². The number of Topliss-reactive ketones (excluding diaryl/α,β-unsaturated/α-hetero) is 1. The first kappa shape index (κ1) is 18.6. The van der Waals surface area contributed by atoms with Crippen LogP contribution in [0.3, 0.4) is 0 Å². The Labute approximate surface area is 134 Å². The number of aromatic hydroxyl groups is 1. The van der Waals surface area contributed by atoms with Crippen LogP contribution in [0.2, 0.25) is 0 Å². The highest BCUT2D eigenvalue weighted by Crippen LogP contribution is 2.24. The Hall–Kier alpha value is -2.41. The molecule has 0 saturated heterocycles. The van der Waals surface area contributed by atoms with Crippen LogP contribution >= 0.6 is 0 Å². The number of phenols is 1. The molecule has 0 heterocycles. The molecular weight excluding hydrogens is 302 g/mol. The third-order valence-corrected chi connectivity index (χ3v) is 3.05. The fourth-order valence-electron chi connectivity index (χ4n) is 2.15. The van der Waals surface area contributed by atoms with E-state index in [4.69, 9.17) is 4.74 Å². The minimum Gasteiger partial charge on any atom is -0.550 e. The van der Waals surface area contributed by atoms with Crippen LogP contribution in [0.1, 0.15) is 34.1 Å². The molecule has 1 rings (SSSR count). The minimum absolute atomic E-state index is 0.00232. The van der Waals surface area contributed by atoms with Crippen molar-refractivity contribution >= 4 is 17.7 Å². The maximum atomic E-state index is 12.2. The van der Waals surface area contributed by atoms with Crippen molar-refractivity contribution < 1.29 is 33.8 Å². The zero-order chi connectivity index (χ0) is 17.8. The molecule has 1 N–H and O–H groups in total. The minimum atomic E-state index is -1.34. The highest BCUT2D eigenvalue weighted by Gasteiger charge is 2.25. The van der Waals surface area contributed by atoms with E-state index in [9.17, 15) is 24.6 Å². The monoisotopic (exact) mass is 323 g/mol. The molecule has 1 aromatic carbocycles. The maximum Gasteiger partial charge on any atom is 0.342 e. The number of carbonyl (C=O) groups excluding carboxylic acids is 3. The average Bonchev–Trinajstić information content (AvgIpc) is 2.35. The number of phenolic OH excluding ortho intramolecular Hbond substituents is 1. The number of benzene rings is 1. The molecule has 0 aliphatic rings. The number of aliphatic carboxylic acids is 1. The molecule has 0 saturated carbocycles. The number of ether oxygens (including phenoxy) is 1. The third-order valence-electron chi connectivity index (χ3n) is 3.05. The number of nitrogens with zero attached hydrogens (tertiary/aromatic N) is 1. The third kappa shape index (κ3) is 5.71. The standard InChI is InChI=1S/C16H21NO6/c1-10(18)12-6-5-7-13(15(12)21)16(22)23-11(8-14(19)20)9-17(2,3)4/h5-7,11H,8-9H2,1-4H3,(H-,18,19,20,21,22)/t11-/m1/s1. The second-order valence-electron chi connectivity index (χ2n) is 6.33. The molecule has 7 nitrogen and oxygen atoms in total. The van der Waals surface area contributed by atoms with Crippen LogP contribution < -0.4 is 5.11 Å². The fourth-order valence-corrected chi connectivity index (χ4v) is 2.15. The molecule has 23 heavy (non-hydrogen) atoms. The molecule has 0 amide bonds. The van der Waals surface area contributed by atoms with Gasteiger partial charge < -0.3 is 24.2 Å². The average molecular weight is 323 g/mol. The second-order valence-corrected chi connectivity index (χ2v) is 6.33. The zero-order valence-electron chi connectivity index (χ0n) is 13.7. The molecule has 0 aliphatic carbocycles.